The molecule has 0 amide bonds. The quantitative estimate of drug-likeness (QED) is 0.768. The summed E-state index contributed by atoms with van der Waals surface area (Å²) in [7, 11) is 0. The van der Waals surface area contributed by atoms with Crippen molar-refractivity contribution in [3.63, 3.8) is 0 Å². The molecule has 4 heteroatoms. The van der Waals surface area contributed by atoms with Crippen LogP contribution in [0.15, 0.2) is 6.08 Å². The van der Waals surface area contributed by atoms with Crippen molar-refractivity contribution in [1.29, 1.82) is 0 Å². The van der Waals surface area contributed by atoms with Crippen LogP contribution in [0.3, 0.4) is 0 Å². The van der Waals surface area contributed by atoms with Gasteiger partial charge in [-0.2, -0.15) is 13.9 Å². The lowest BCUT2D eigenvalue weighted by atomic mass is 10.1. The molecule has 2 aliphatic rings. The molecule has 0 spiro atoms. The molecule has 2 aliphatic carbocycles. The second-order valence-electron chi connectivity index (χ2n) is 5.26. The zero-order chi connectivity index (χ0) is 12.4. The minimum absolute atomic E-state index is 0.0221. The highest BCUT2D eigenvalue weighted by Gasteiger charge is 2.66. The van der Waals surface area contributed by atoms with Crippen LogP contribution in [0.5, 0.6) is 0 Å². The van der Waals surface area contributed by atoms with Crippen LogP contribution >= 0.6 is 0 Å². The van der Waals surface area contributed by atoms with Gasteiger partial charge in [-0.25, -0.2) is 0 Å². The van der Waals surface area contributed by atoms with E-state index in [1.165, 1.54) is 4.68 Å². The molecular weight excluding hydrogens is 222 g/mol. The van der Waals surface area contributed by atoms with E-state index in [1.54, 1.807) is 0 Å². The molecular formula is C13H16F2N2. The van der Waals surface area contributed by atoms with E-state index in [0.717, 1.165) is 11.3 Å². The Balaban J connectivity index is 2.23. The Morgan fingerprint density at radius 3 is 2.76 bits per heavy atom. The molecule has 2 nitrogen and oxygen atoms in total. The summed E-state index contributed by atoms with van der Waals surface area (Å²) < 4.78 is 29.8. The average molecular weight is 238 g/mol. The van der Waals surface area contributed by atoms with Crippen molar-refractivity contribution in [2.24, 2.45) is 5.92 Å². The van der Waals surface area contributed by atoms with Gasteiger partial charge in [0.15, 0.2) is 0 Å². The number of alkyl halides is 2. The second kappa shape index (κ2) is 3.18. The molecule has 0 N–H and O–H groups in total. The maximum atomic E-state index is 14.2. The van der Waals surface area contributed by atoms with Crippen LogP contribution in [-0.4, -0.2) is 9.78 Å². The first-order chi connectivity index (χ1) is 7.98. The molecule has 0 aromatic carbocycles. The molecule has 1 saturated carbocycles. The Morgan fingerprint density at radius 1 is 1.47 bits per heavy atom. The number of nitrogens with zero attached hydrogens (tertiary/aromatic N) is 2. The van der Waals surface area contributed by atoms with Gasteiger partial charge < -0.3 is 0 Å². The molecule has 3 rings (SSSR count). The second-order valence-corrected chi connectivity index (χ2v) is 5.26. The summed E-state index contributed by atoms with van der Waals surface area (Å²) in [4.78, 5) is 0. The van der Waals surface area contributed by atoms with Crippen LogP contribution < -0.4 is 0 Å². The van der Waals surface area contributed by atoms with E-state index in [0.29, 0.717) is 6.42 Å². The van der Waals surface area contributed by atoms with E-state index in [-0.39, 0.29) is 17.7 Å². The molecule has 2 atom stereocenters. The van der Waals surface area contributed by atoms with Crippen molar-refractivity contribution >= 4 is 6.08 Å². The molecule has 0 saturated heterocycles. The van der Waals surface area contributed by atoms with Crippen molar-refractivity contribution in [1.82, 2.24) is 9.78 Å². The Labute approximate surface area is 99.3 Å². The lowest BCUT2D eigenvalue weighted by molar-refractivity contribution is -0.0318. The Morgan fingerprint density at radius 2 is 2.18 bits per heavy atom. The van der Waals surface area contributed by atoms with Gasteiger partial charge in [0.25, 0.3) is 5.92 Å². The fraction of sp³-hybridized carbons (Fsp3) is 0.615. The summed E-state index contributed by atoms with van der Waals surface area (Å²) in [6.45, 7) is 5.68. The molecule has 1 fully saturated rings. The van der Waals surface area contributed by atoms with Crippen LogP contribution in [0.1, 0.15) is 56.1 Å². The van der Waals surface area contributed by atoms with Crippen molar-refractivity contribution in [2.75, 3.05) is 0 Å². The highest BCUT2D eigenvalue weighted by molar-refractivity contribution is 5.58. The molecule has 1 aromatic rings. The van der Waals surface area contributed by atoms with Crippen LogP contribution in [0.4, 0.5) is 8.78 Å². The smallest absolute Gasteiger partial charge is 0.260 e. The minimum Gasteiger partial charge on any atom is -0.260 e. The summed E-state index contributed by atoms with van der Waals surface area (Å²) in [6.07, 6.45) is 4.32. The summed E-state index contributed by atoms with van der Waals surface area (Å²) in [5, 5.41) is 4.34. The van der Waals surface area contributed by atoms with Crippen LogP contribution in [0.2, 0.25) is 0 Å². The van der Waals surface area contributed by atoms with Gasteiger partial charge in [-0.15, -0.1) is 0 Å². The summed E-state index contributed by atoms with van der Waals surface area (Å²) >= 11 is 0. The van der Waals surface area contributed by atoms with Gasteiger partial charge in [0.05, 0.1) is 5.69 Å². The number of allylic oxidation sites excluding steroid dienone is 1. The van der Waals surface area contributed by atoms with Crippen LogP contribution in [-0.2, 0) is 5.92 Å². The standard InChI is InChI=1S/C13H16F2N2/c1-4-5-10-11-8-6-9(8)13(14,15)12(11)17(16-10)7(2)3/h4-5,7-9H,6H2,1-3H3/b5-4+. The zero-order valence-corrected chi connectivity index (χ0v) is 10.2. The summed E-state index contributed by atoms with van der Waals surface area (Å²) in [5.74, 6) is -3.11. The number of hydrogen-bond acceptors (Lipinski definition) is 1. The third kappa shape index (κ3) is 1.27. The number of hydrogen-bond donors (Lipinski definition) is 0. The van der Waals surface area contributed by atoms with Gasteiger partial charge in [-0.1, -0.05) is 6.08 Å². The largest absolute Gasteiger partial charge is 0.293 e. The van der Waals surface area contributed by atoms with E-state index in [4.69, 9.17) is 0 Å². The molecule has 92 valence electrons. The van der Waals surface area contributed by atoms with Crippen molar-refractivity contribution in [2.45, 2.75) is 45.1 Å². The average Bonchev–Trinajstić information content (AvgIpc) is 2.89. The number of aromatic nitrogens is 2. The van der Waals surface area contributed by atoms with Crippen molar-refractivity contribution in [3.8, 4) is 0 Å². The maximum Gasteiger partial charge on any atom is 0.293 e. The lowest BCUT2D eigenvalue weighted by Crippen LogP contribution is -2.21. The topological polar surface area (TPSA) is 17.8 Å². The molecule has 17 heavy (non-hydrogen) atoms. The Bertz CT molecular complexity index is 500. The first kappa shape index (κ1) is 10.9. The van der Waals surface area contributed by atoms with Gasteiger partial charge in [-0.05, 0) is 39.2 Å². The number of rotatable bonds is 2. The minimum atomic E-state index is -2.68. The maximum absolute atomic E-state index is 14.2. The van der Waals surface area contributed by atoms with E-state index < -0.39 is 11.8 Å². The van der Waals surface area contributed by atoms with Gasteiger partial charge in [-0.3, -0.25) is 4.68 Å². The molecule has 2 unspecified atom stereocenters. The SMILES string of the molecule is C/C=C/c1nn(C(C)C)c2c1C1CC1C2(F)F. The first-order valence-electron chi connectivity index (χ1n) is 6.11. The van der Waals surface area contributed by atoms with Gasteiger partial charge in [0.2, 0.25) is 0 Å². The molecule has 0 bridgehead atoms. The van der Waals surface area contributed by atoms with Gasteiger partial charge in [0.1, 0.15) is 5.69 Å². The Kier molecular flexibility index (Phi) is 2.04. The number of fused-ring (bicyclic) bond motifs is 3. The van der Waals surface area contributed by atoms with Crippen molar-refractivity contribution in [3.05, 3.63) is 23.0 Å². The van der Waals surface area contributed by atoms with Gasteiger partial charge >= 0.3 is 0 Å². The fourth-order valence-electron chi connectivity index (χ4n) is 2.91. The van der Waals surface area contributed by atoms with E-state index in [2.05, 4.69) is 5.10 Å². The Hall–Kier alpha value is -1.19. The van der Waals surface area contributed by atoms with Crippen LogP contribution in [0, 0.1) is 5.92 Å². The predicted molar refractivity (Wildman–Crippen MR) is 62.1 cm³/mol. The first-order valence-corrected chi connectivity index (χ1v) is 6.11. The predicted octanol–water partition coefficient (Wildman–Crippen LogP) is 3.71. The fourth-order valence-corrected chi connectivity index (χ4v) is 2.91. The molecule has 1 aromatic heterocycles. The van der Waals surface area contributed by atoms with Crippen LogP contribution in [0.25, 0.3) is 6.08 Å². The third-order valence-electron chi connectivity index (χ3n) is 3.73. The molecule has 1 heterocycles. The highest BCUT2D eigenvalue weighted by atomic mass is 19.3. The lowest BCUT2D eigenvalue weighted by Gasteiger charge is -2.17. The normalized spacial score (nSPS) is 28.8. The van der Waals surface area contributed by atoms with E-state index in [9.17, 15) is 8.78 Å². The summed E-state index contributed by atoms with van der Waals surface area (Å²) in [6, 6.07) is -0.0221. The van der Waals surface area contributed by atoms with E-state index >= 15 is 0 Å². The summed E-state index contributed by atoms with van der Waals surface area (Å²) in [5.41, 5.74) is 1.70. The van der Waals surface area contributed by atoms with Crippen molar-refractivity contribution < 1.29 is 8.78 Å². The molecule has 0 radical (unpaired) electrons. The highest BCUT2D eigenvalue weighted by Crippen LogP contribution is 2.67. The third-order valence-corrected chi connectivity index (χ3v) is 3.73. The molecule has 0 aliphatic heterocycles. The van der Waals surface area contributed by atoms with E-state index in [1.807, 2.05) is 32.9 Å². The van der Waals surface area contributed by atoms with Gasteiger partial charge in [0, 0.05) is 17.5 Å². The number of halogens is 2. The monoisotopic (exact) mass is 238 g/mol. The zero-order valence-electron chi connectivity index (χ0n) is 10.2.